The van der Waals surface area contributed by atoms with E-state index in [0.717, 1.165) is 12.8 Å². The number of nitrogens with zero attached hydrogens (tertiary/aromatic N) is 7. The van der Waals surface area contributed by atoms with Gasteiger partial charge in [0.25, 0.3) is 0 Å². The number of likely N-dealkylation sites (N-methyl/N-ethyl adjacent to an activating group) is 4. The summed E-state index contributed by atoms with van der Waals surface area (Å²) in [7, 11) is 15.4. The number of hydrogen-bond donors (Lipinski definition) is 1. The van der Waals surface area contributed by atoms with Crippen LogP contribution in [0.4, 0.5) is 0 Å². The van der Waals surface area contributed by atoms with Crippen molar-refractivity contribution < 1.29 is 43.2 Å². The molecule has 0 heterocycles. The Kier molecular flexibility index (Phi) is 30.5. The standard InChI is InChI=1S/C36H73N7O9/c1-37(2)24-29-49-33(45)11-19-42(20-12-34(46)50-30-25-38(3)4)17-9-15-41(23-28-44)16-10-18-43(21-13-35(47)51-31-26-39(5)6)22-14-36(48)52-32-27-40(7)8/h44H,9-32H2,1-8H3. The van der Waals surface area contributed by atoms with Gasteiger partial charge in [0, 0.05) is 58.9 Å². The van der Waals surface area contributed by atoms with Crippen molar-refractivity contribution >= 4 is 23.9 Å². The lowest BCUT2D eigenvalue weighted by Crippen LogP contribution is -2.36. The molecule has 0 unspecified atom stereocenters. The summed E-state index contributed by atoms with van der Waals surface area (Å²) in [5, 5.41) is 9.78. The fourth-order valence-corrected chi connectivity index (χ4v) is 4.84. The summed E-state index contributed by atoms with van der Waals surface area (Å²) in [4.78, 5) is 63.6. The maximum atomic E-state index is 12.4. The minimum absolute atomic E-state index is 0.0165. The molecule has 0 aliphatic carbocycles. The first-order chi connectivity index (χ1) is 24.7. The maximum Gasteiger partial charge on any atom is 0.307 e. The highest BCUT2D eigenvalue weighted by Crippen LogP contribution is 2.05. The van der Waals surface area contributed by atoms with Gasteiger partial charge in [0.05, 0.1) is 32.3 Å². The Labute approximate surface area is 314 Å². The van der Waals surface area contributed by atoms with E-state index >= 15 is 0 Å². The van der Waals surface area contributed by atoms with E-state index in [0.29, 0.717) is 112 Å². The first-order valence-electron chi connectivity index (χ1n) is 18.7. The molecule has 0 saturated heterocycles. The van der Waals surface area contributed by atoms with Crippen molar-refractivity contribution in [1.29, 1.82) is 0 Å². The molecule has 0 fully saturated rings. The molecule has 16 nitrogen and oxygen atoms in total. The number of hydrogen-bond acceptors (Lipinski definition) is 16. The van der Waals surface area contributed by atoms with Crippen LogP contribution < -0.4 is 0 Å². The molecule has 0 spiro atoms. The number of ether oxygens (including phenoxy) is 4. The van der Waals surface area contributed by atoms with E-state index < -0.39 is 0 Å². The van der Waals surface area contributed by atoms with Gasteiger partial charge in [-0.15, -0.1) is 0 Å². The summed E-state index contributed by atoms with van der Waals surface area (Å²) in [5.74, 6) is -1.07. The second-order valence-corrected chi connectivity index (χ2v) is 14.1. The van der Waals surface area contributed by atoms with Crippen LogP contribution in [0.2, 0.25) is 0 Å². The van der Waals surface area contributed by atoms with Gasteiger partial charge in [-0.2, -0.15) is 0 Å². The van der Waals surface area contributed by atoms with Gasteiger partial charge >= 0.3 is 23.9 Å². The van der Waals surface area contributed by atoms with Gasteiger partial charge in [-0.3, -0.25) is 19.2 Å². The first-order valence-corrected chi connectivity index (χ1v) is 18.7. The second kappa shape index (κ2) is 32.0. The Balaban J connectivity index is 5.12. The van der Waals surface area contributed by atoms with E-state index in [9.17, 15) is 24.3 Å². The zero-order valence-electron chi connectivity index (χ0n) is 33.8. The number of rotatable bonds is 34. The predicted octanol–water partition coefficient (Wildman–Crippen LogP) is -0.355. The van der Waals surface area contributed by atoms with Crippen molar-refractivity contribution in [2.24, 2.45) is 0 Å². The third-order valence-corrected chi connectivity index (χ3v) is 8.05. The molecule has 306 valence electrons. The Morgan fingerprint density at radius 1 is 0.365 bits per heavy atom. The zero-order valence-corrected chi connectivity index (χ0v) is 33.8. The van der Waals surface area contributed by atoms with Crippen LogP contribution in [0, 0.1) is 0 Å². The molecule has 0 rings (SSSR count). The van der Waals surface area contributed by atoms with Gasteiger partial charge in [-0.1, -0.05) is 0 Å². The smallest absolute Gasteiger partial charge is 0.307 e. The Hall–Kier alpha value is -2.44. The van der Waals surface area contributed by atoms with Gasteiger partial charge in [-0.25, -0.2) is 0 Å². The van der Waals surface area contributed by atoms with Crippen LogP contribution in [0.15, 0.2) is 0 Å². The number of esters is 4. The lowest BCUT2D eigenvalue weighted by molar-refractivity contribution is -0.146. The average molecular weight is 748 g/mol. The van der Waals surface area contributed by atoms with Crippen molar-refractivity contribution in [1.82, 2.24) is 34.3 Å². The molecule has 16 heteroatoms. The summed E-state index contributed by atoms with van der Waals surface area (Å²) in [5.41, 5.74) is 0. The molecule has 0 aromatic heterocycles. The molecule has 0 aromatic rings. The molecule has 0 radical (unpaired) electrons. The normalized spacial score (nSPS) is 11.8. The topological polar surface area (TPSA) is 148 Å². The Bertz CT molecular complexity index is 812. The summed E-state index contributed by atoms with van der Waals surface area (Å²) < 4.78 is 21.4. The molecule has 0 aliphatic heterocycles. The van der Waals surface area contributed by atoms with Crippen LogP contribution in [-0.4, -0.2) is 238 Å². The lowest BCUT2D eigenvalue weighted by atomic mass is 10.2. The van der Waals surface area contributed by atoms with Crippen LogP contribution in [0.3, 0.4) is 0 Å². The van der Waals surface area contributed by atoms with Gasteiger partial charge < -0.3 is 58.4 Å². The summed E-state index contributed by atoms with van der Waals surface area (Å²) >= 11 is 0. The molecule has 0 saturated carbocycles. The summed E-state index contributed by atoms with van der Waals surface area (Å²) in [6, 6.07) is 0. The molecule has 52 heavy (non-hydrogen) atoms. The Morgan fingerprint density at radius 2 is 0.596 bits per heavy atom. The van der Waals surface area contributed by atoms with Crippen molar-refractivity contribution in [2.45, 2.75) is 38.5 Å². The average Bonchev–Trinajstić information content (AvgIpc) is 3.05. The molecule has 0 amide bonds. The van der Waals surface area contributed by atoms with E-state index in [2.05, 4.69) is 14.7 Å². The zero-order chi connectivity index (χ0) is 39.1. The third kappa shape index (κ3) is 32.2. The van der Waals surface area contributed by atoms with E-state index in [1.165, 1.54) is 0 Å². The minimum atomic E-state index is -0.268. The highest BCUT2D eigenvalue weighted by Gasteiger charge is 2.16. The fraction of sp³-hybridized carbons (Fsp3) is 0.889. The molecule has 0 bridgehead atoms. The Morgan fingerprint density at radius 3 is 0.808 bits per heavy atom. The van der Waals surface area contributed by atoms with Gasteiger partial charge in [0.1, 0.15) is 26.4 Å². The maximum absolute atomic E-state index is 12.4. The highest BCUT2D eigenvalue weighted by molar-refractivity contribution is 5.71. The summed E-state index contributed by atoms with van der Waals surface area (Å²) in [6.45, 7) is 9.09. The van der Waals surface area contributed by atoms with E-state index in [1.807, 2.05) is 76.0 Å². The van der Waals surface area contributed by atoms with Crippen molar-refractivity contribution in [2.75, 3.05) is 174 Å². The molecule has 1 N–H and O–H groups in total. The molecule has 0 aromatic carbocycles. The molecular weight excluding hydrogens is 674 g/mol. The highest BCUT2D eigenvalue weighted by atomic mass is 16.5. The van der Waals surface area contributed by atoms with E-state index in [4.69, 9.17) is 18.9 Å². The van der Waals surface area contributed by atoms with Gasteiger partial charge in [-0.05, 0) is 95.4 Å². The van der Waals surface area contributed by atoms with Crippen LogP contribution in [-0.2, 0) is 38.1 Å². The van der Waals surface area contributed by atoms with Crippen LogP contribution in [0.5, 0.6) is 0 Å². The van der Waals surface area contributed by atoms with Crippen LogP contribution >= 0.6 is 0 Å². The first kappa shape index (κ1) is 49.6. The van der Waals surface area contributed by atoms with Crippen LogP contribution in [0.25, 0.3) is 0 Å². The summed E-state index contributed by atoms with van der Waals surface area (Å²) in [6.07, 6.45) is 2.45. The van der Waals surface area contributed by atoms with Crippen molar-refractivity contribution in [3.8, 4) is 0 Å². The van der Waals surface area contributed by atoms with Crippen molar-refractivity contribution in [3.63, 3.8) is 0 Å². The van der Waals surface area contributed by atoms with E-state index in [1.54, 1.807) is 0 Å². The van der Waals surface area contributed by atoms with Crippen molar-refractivity contribution in [3.05, 3.63) is 0 Å². The SMILES string of the molecule is CN(C)CCOC(=O)CCN(CCCN(CCO)CCCN(CCC(=O)OCCN(C)C)CCC(=O)OCCN(C)C)CCC(=O)OCCN(C)C. The lowest BCUT2D eigenvalue weighted by Gasteiger charge is -2.27. The minimum Gasteiger partial charge on any atom is -0.464 e. The number of carbonyl (C=O) groups excluding carboxylic acids is 4. The number of aliphatic hydroxyl groups excluding tert-OH is 1. The second-order valence-electron chi connectivity index (χ2n) is 14.1. The fourth-order valence-electron chi connectivity index (χ4n) is 4.84. The number of aliphatic hydroxyl groups is 1. The predicted molar refractivity (Wildman–Crippen MR) is 202 cm³/mol. The molecule has 0 atom stereocenters. The molecular formula is C36H73N7O9. The van der Waals surface area contributed by atoms with E-state index in [-0.39, 0.29) is 56.2 Å². The quantitative estimate of drug-likeness (QED) is 0.0675. The third-order valence-electron chi connectivity index (χ3n) is 8.05. The monoisotopic (exact) mass is 748 g/mol. The van der Waals surface area contributed by atoms with Gasteiger partial charge in [0.15, 0.2) is 0 Å². The molecule has 0 aliphatic rings. The van der Waals surface area contributed by atoms with Crippen LogP contribution in [0.1, 0.15) is 38.5 Å². The largest absolute Gasteiger partial charge is 0.464 e. The number of carbonyl (C=O) groups is 4. The van der Waals surface area contributed by atoms with Gasteiger partial charge in [0.2, 0.25) is 0 Å².